The lowest BCUT2D eigenvalue weighted by molar-refractivity contribution is -0.134. The molecule has 0 bridgehead atoms. The Balaban J connectivity index is 1.87. The molecule has 0 aromatic heterocycles. The summed E-state index contributed by atoms with van der Waals surface area (Å²) in [6.07, 6.45) is 1.88. The molecule has 2 rings (SSSR count). The van der Waals surface area contributed by atoms with Crippen molar-refractivity contribution in [2.24, 2.45) is 0 Å². The van der Waals surface area contributed by atoms with Gasteiger partial charge in [-0.05, 0) is 37.1 Å². The molecule has 0 atom stereocenters. The fourth-order valence-electron chi connectivity index (χ4n) is 2.08. The summed E-state index contributed by atoms with van der Waals surface area (Å²) in [5, 5.41) is 0. The first kappa shape index (κ1) is 15.9. The molecule has 1 aromatic rings. The maximum absolute atomic E-state index is 12.8. The number of carbonyl (C=O) groups is 1. The lowest BCUT2D eigenvalue weighted by Crippen LogP contribution is -2.42. The molecule has 0 spiro atoms. The summed E-state index contributed by atoms with van der Waals surface area (Å²) in [7, 11) is -2.16. The molecule has 1 heterocycles. The Morgan fingerprint density at radius 1 is 1.29 bits per heavy atom. The second kappa shape index (κ2) is 6.53. The van der Waals surface area contributed by atoms with Crippen LogP contribution in [0, 0.1) is 5.82 Å². The summed E-state index contributed by atoms with van der Waals surface area (Å²) in [5.74, 6) is -0.398. The Kier molecular flexibility index (Phi) is 4.95. The van der Waals surface area contributed by atoms with E-state index in [1.807, 2.05) is 0 Å². The van der Waals surface area contributed by atoms with Gasteiger partial charge in [-0.1, -0.05) is 0 Å². The van der Waals surface area contributed by atoms with Gasteiger partial charge in [-0.25, -0.2) is 17.1 Å². The summed E-state index contributed by atoms with van der Waals surface area (Å²) in [5.41, 5.74) is 0. The van der Waals surface area contributed by atoms with E-state index in [1.165, 1.54) is 23.5 Å². The Bertz CT molecular complexity index is 597. The van der Waals surface area contributed by atoms with Crippen LogP contribution < -0.4 is 0 Å². The van der Waals surface area contributed by atoms with E-state index in [4.69, 9.17) is 0 Å². The van der Waals surface area contributed by atoms with Crippen molar-refractivity contribution in [2.45, 2.75) is 24.2 Å². The van der Waals surface area contributed by atoms with Gasteiger partial charge < -0.3 is 4.90 Å². The van der Waals surface area contributed by atoms with E-state index in [-0.39, 0.29) is 17.3 Å². The molecule has 1 amide bonds. The summed E-state index contributed by atoms with van der Waals surface area (Å²) >= 11 is 0. The van der Waals surface area contributed by atoms with E-state index in [9.17, 15) is 17.6 Å². The summed E-state index contributed by atoms with van der Waals surface area (Å²) < 4.78 is 38.5. The number of rotatable bonds is 6. The number of carbonyl (C=O) groups excluding carboxylic acids is 1. The van der Waals surface area contributed by atoms with E-state index >= 15 is 0 Å². The van der Waals surface area contributed by atoms with E-state index in [0.717, 1.165) is 31.6 Å². The minimum atomic E-state index is -3.62. The molecule has 21 heavy (non-hydrogen) atoms. The van der Waals surface area contributed by atoms with Gasteiger partial charge in [-0.3, -0.25) is 4.79 Å². The van der Waals surface area contributed by atoms with Crippen LogP contribution in [0.5, 0.6) is 0 Å². The van der Waals surface area contributed by atoms with E-state index in [0.29, 0.717) is 12.8 Å². The van der Waals surface area contributed by atoms with Gasteiger partial charge in [0.15, 0.2) is 0 Å². The zero-order valence-corrected chi connectivity index (χ0v) is 12.8. The van der Waals surface area contributed by atoms with Crippen LogP contribution in [-0.4, -0.2) is 50.2 Å². The van der Waals surface area contributed by atoms with Gasteiger partial charge >= 0.3 is 0 Å². The second-order valence-electron chi connectivity index (χ2n) is 5.12. The number of nitrogens with zero attached hydrogens (tertiary/aromatic N) is 2. The lowest BCUT2D eigenvalue weighted by Gasteiger charge is -2.31. The average molecular weight is 314 g/mol. The minimum Gasteiger partial charge on any atom is -0.343 e. The van der Waals surface area contributed by atoms with Crippen molar-refractivity contribution in [3.05, 3.63) is 30.1 Å². The van der Waals surface area contributed by atoms with E-state index < -0.39 is 15.8 Å². The van der Waals surface area contributed by atoms with Crippen LogP contribution in [-0.2, 0) is 14.8 Å². The lowest BCUT2D eigenvalue weighted by atomic mass is 10.2. The van der Waals surface area contributed by atoms with Crippen molar-refractivity contribution < 1.29 is 17.6 Å². The molecule has 1 aliphatic heterocycles. The van der Waals surface area contributed by atoms with Crippen molar-refractivity contribution in [1.29, 1.82) is 0 Å². The first-order valence-corrected chi connectivity index (χ1v) is 8.35. The van der Waals surface area contributed by atoms with Crippen molar-refractivity contribution >= 4 is 15.9 Å². The summed E-state index contributed by atoms with van der Waals surface area (Å²) in [6, 6.07) is 4.72. The van der Waals surface area contributed by atoms with Crippen LogP contribution in [0.15, 0.2) is 29.2 Å². The number of hydrogen-bond donors (Lipinski definition) is 0. The normalized spacial score (nSPS) is 15.1. The molecular formula is C14H19FN2O3S. The Labute approximate surface area is 124 Å². The minimum absolute atomic E-state index is 0.0560. The molecule has 1 aliphatic rings. The molecule has 116 valence electrons. The predicted molar refractivity (Wildman–Crippen MR) is 76.6 cm³/mol. The van der Waals surface area contributed by atoms with Gasteiger partial charge in [0.1, 0.15) is 5.82 Å². The highest BCUT2D eigenvalue weighted by atomic mass is 32.2. The largest absolute Gasteiger partial charge is 0.343 e. The topological polar surface area (TPSA) is 57.7 Å². The molecule has 0 N–H and O–H groups in total. The van der Waals surface area contributed by atoms with Crippen LogP contribution in [0.3, 0.4) is 0 Å². The molecule has 0 aliphatic carbocycles. The third-order valence-corrected chi connectivity index (χ3v) is 5.47. The Morgan fingerprint density at radius 2 is 1.90 bits per heavy atom. The van der Waals surface area contributed by atoms with E-state index in [1.54, 1.807) is 4.90 Å². The molecule has 5 nitrogen and oxygen atoms in total. The van der Waals surface area contributed by atoms with Crippen molar-refractivity contribution in [3.8, 4) is 0 Å². The number of sulfonamides is 1. The molecular weight excluding hydrogens is 295 g/mol. The molecule has 1 fully saturated rings. The molecule has 1 aromatic carbocycles. The van der Waals surface area contributed by atoms with Gasteiger partial charge in [0, 0.05) is 33.1 Å². The summed E-state index contributed by atoms with van der Waals surface area (Å²) in [6.45, 7) is 1.88. The number of hydrogen-bond acceptors (Lipinski definition) is 3. The maximum atomic E-state index is 12.8. The fourth-order valence-corrected chi connectivity index (χ4v) is 3.29. The monoisotopic (exact) mass is 314 g/mol. The highest BCUT2D eigenvalue weighted by Crippen LogP contribution is 2.16. The van der Waals surface area contributed by atoms with Gasteiger partial charge in [0.25, 0.3) is 0 Å². The quantitative estimate of drug-likeness (QED) is 0.799. The highest BCUT2D eigenvalue weighted by molar-refractivity contribution is 7.89. The predicted octanol–water partition coefficient (Wildman–Crippen LogP) is 1.46. The third-order valence-electron chi connectivity index (χ3n) is 3.59. The molecule has 0 unspecified atom stereocenters. The molecule has 0 radical (unpaired) electrons. The second-order valence-corrected chi connectivity index (χ2v) is 7.16. The molecule has 1 saturated heterocycles. The third kappa shape index (κ3) is 3.79. The number of benzene rings is 1. The zero-order chi connectivity index (χ0) is 15.5. The molecule has 0 saturated carbocycles. The van der Waals surface area contributed by atoms with Gasteiger partial charge in [0.2, 0.25) is 15.9 Å². The van der Waals surface area contributed by atoms with Crippen molar-refractivity contribution in [1.82, 2.24) is 9.21 Å². The van der Waals surface area contributed by atoms with Crippen LogP contribution in [0.1, 0.15) is 19.3 Å². The van der Waals surface area contributed by atoms with Crippen LogP contribution in [0.4, 0.5) is 4.39 Å². The van der Waals surface area contributed by atoms with Gasteiger partial charge in [-0.2, -0.15) is 0 Å². The highest BCUT2D eigenvalue weighted by Gasteiger charge is 2.22. The zero-order valence-electron chi connectivity index (χ0n) is 12.0. The fraction of sp³-hybridized carbons (Fsp3) is 0.500. The van der Waals surface area contributed by atoms with Crippen molar-refractivity contribution in [2.75, 3.05) is 26.7 Å². The van der Waals surface area contributed by atoms with Crippen LogP contribution in [0.2, 0.25) is 0 Å². The summed E-state index contributed by atoms with van der Waals surface area (Å²) in [4.78, 5) is 13.5. The van der Waals surface area contributed by atoms with Gasteiger partial charge in [-0.15, -0.1) is 0 Å². The standard InChI is InChI=1S/C14H19FN2O3S/c1-16(9-2-4-14(18)17-10-3-11-17)21(19,20)13-7-5-12(15)6-8-13/h5-8H,2-4,9-11H2,1H3. The van der Waals surface area contributed by atoms with E-state index in [2.05, 4.69) is 0 Å². The van der Waals surface area contributed by atoms with Crippen molar-refractivity contribution in [3.63, 3.8) is 0 Å². The number of halogens is 1. The maximum Gasteiger partial charge on any atom is 0.242 e. The Hall–Kier alpha value is -1.47. The smallest absolute Gasteiger partial charge is 0.242 e. The first-order chi connectivity index (χ1) is 9.91. The Morgan fingerprint density at radius 3 is 2.43 bits per heavy atom. The first-order valence-electron chi connectivity index (χ1n) is 6.91. The average Bonchev–Trinajstić information content (AvgIpc) is 2.37. The number of amides is 1. The molecule has 7 heteroatoms. The van der Waals surface area contributed by atoms with Crippen LogP contribution >= 0.6 is 0 Å². The SMILES string of the molecule is CN(CCCC(=O)N1CCC1)S(=O)(=O)c1ccc(F)cc1. The van der Waals surface area contributed by atoms with Gasteiger partial charge in [0.05, 0.1) is 4.90 Å². The van der Waals surface area contributed by atoms with Crippen LogP contribution in [0.25, 0.3) is 0 Å². The number of likely N-dealkylation sites (tertiary alicyclic amines) is 1.